The third-order valence-electron chi connectivity index (χ3n) is 4.17. The number of unbranched alkanes of at least 4 members (excludes halogenated alkanes) is 1. The molecule has 0 saturated heterocycles. The first-order valence-electron chi connectivity index (χ1n) is 8.88. The van der Waals surface area contributed by atoms with Gasteiger partial charge in [-0.1, -0.05) is 37.3 Å². The largest absolute Gasteiger partial charge is 0.205 e. The average Bonchev–Trinajstić information content (AvgIpc) is 3.14. The van der Waals surface area contributed by atoms with Crippen LogP contribution in [0.4, 0.5) is 14.5 Å². The molecule has 0 radical (unpaired) electrons. The van der Waals surface area contributed by atoms with Crippen LogP contribution < -0.4 is 0 Å². The van der Waals surface area contributed by atoms with E-state index in [1.165, 1.54) is 17.0 Å². The van der Waals surface area contributed by atoms with Gasteiger partial charge in [-0.3, -0.25) is 0 Å². The van der Waals surface area contributed by atoms with Gasteiger partial charge < -0.3 is 0 Å². The van der Waals surface area contributed by atoms with Gasteiger partial charge in [-0.2, -0.15) is 4.99 Å². The first-order valence-corrected chi connectivity index (χ1v) is 10.1. The van der Waals surface area contributed by atoms with Gasteiger partial charge in [0.15, 0.2) is 0 Å². The van der Waals surface area contributed by atoms with Crippen LogP contribution in [0.2, 0.25) is 0 Å². The van der Waals surface area contributed by atoms with Crippen molar-refractivity contribution >= 4 is 34.4 Å². The summed E-state index contributed by atoms with van der Waals surface area (Å²) < 4.78 is 29.0. The van der Waals surface area contributed by atoms with Crippen molar-refractivity contribution < 1.29 is 8.78 Å². The van der Waals surface area contributed by atoms with Crippen LogP contribution in [-0.2, 0) is 6.42 Å². The van der Waals surface area contributed by atoms with Gasteiger partial charge in [0.25, 0.3) is 0 Å². The van der Waals surface area contributed by atoms with Gasteiger partial charge >= 0.3 is 0 Å². The number of thiophene rings is 1. The molecule has 3 rings (SSSR count). The Morgan fingerprint density at radius 1 is 0.964 bits per heavy atom. The Bertz CT molecular complexity index is 1060. The quantitative estimate of drug-likeness (QED) is 0.247. The SMILES string of the molecule is CCCCc1ccc(C#Cc2c(F)cc(-c3ccc(N=C=S)cc3)cc2F)s1. The molecule has 0 spiro atoms. The minimum Gasteiger partial charge on any atom is -0.205 e. The van der Waals surface area contributed by atoms with Crippen molar-refractivity contribution in [1.29, 1.82) is 0 Å². The maximum Gasteiger partial charge on any atom is 0.142 e. The second-order valence-electron chi connectivity index (χ2n) is 6.18. The minimum absolute atomic E-state index is 0.214. The summed E-state index contributed by atoms with van der Waals surface area (Å²) in [6.45, 7) is 2.14. The third kappa shape index (κ3) is 4.99. The van der Waals surface area contributed by atoms with Crippen molar-refractivity contribution in [3.8, 4) is 23.0 Å². The first-order chi connectivity index (χ1) is 13.6. The Hall–Kier alpha value is -2.64. The van der Waals surface area contributed by atoms with Gasteiger partial charge in [-0.25, -0.2) is 8.78 Å². The minimum atomic E-state index is -0.675. The second kappa shape index (κ2) is 9.52. The number of nitrogens with zero attached hydrogens (tertiary/aromatic N) is 1. The van der Waals surface area contributed by atoms with Crippen LogP contribution in [0.25, 0.3) is 11.1 Å². The van der Waals surface area contributed by atoms with Crippen LogP contribution in [-0.4, -0.2) is 5.16 Å². The number of hydrogen-bond acceptors (Lipinski definition) is 3. The number of hydrogen-bond donors (Lipinski definition) is 0. The van der Waals surface area contributed by atoms with Crippen molar-refractivity contribution in [2.45, 2.75) is 26.2 Å². The van der Waals surface area contributed by atoms with Crippen LogP contribution >= 0.6 is 23.6 Å². The lowest BCUT2D eigenvalue weighted by atomic mass is 10.0. The smallest absolute Gasteiger partial charge is 0.142 e. The summed E-state index contributed by atoms with van der Waals surface area (Å²) in [6, 6.07) is 13.4. The molecule has 0 bridgehead atoms. The number of halogens is 2. The number of thiocarbonyl (C=S) groups is 1. The number of isothiocyanates is 1. The van der Waals surface area contributed by atoms with Crippen molar-refractivity contribution in [3.63, 3.8) is 0 Å². The van der Waals surface area contributed by atoms with E-state index in [-0.39, 0.29) is 5.56 Å². The zero-order valence-electron chi connectivity index (χ0n) is 15.3. The lowest BCUT2D eigenvalue weighted by molar-refractivity contribution is 0.578. The fourth-order valence-corrected chi connectivity index (χ4v) is 3.70. The number of benzene rings is 2. The Morgan fingerprint density at radius 3 is 2.32 bits per heavy atom. The monoisotopic (exact) mass is 409 g/mol. The van der Waals surface area contributed by atoms with Crippen LogP contribution in [0.5, 0.6) is 0 Å². The first kappa shape index (κ1) is 20.1. The summed E-state index contributed by atoms with van der Waals surface area (Å²) in [5.41, 5.74) is 1.54. The fourth-order valence-electron chi connectivity index (χ4n) is 2.69. The standard InChI is InChI=1S/C23H17F2NS2/c1-2-3-4-19-9-10-20(28-19)11-12-21-22(24)13-17(14-23(21)25)16-5-7-18(8-6-16)26-15-27/h5-10,13-14H,2-4H2,1H3. The Labute approximate surface area is 172 Å². The van der Waals surface area contributed by atoms with E-state index in [4.69, 9.17) is 0 Å². The molecule has 0 aliphatic carbocycles. The highest BCUT2D eigenvalue weighted by atomic mass is 32.1. The normalized spacial score (nSPS) is 10.1. The molecule has 28 heavy (non-hydrogen) atoms. The molecule has 0 amide bonds. The third-order valence-corrected chi connectivity index (χ3v) is 5.32. The molecule has 0 aliphatic heterocycles. The summed E-state index contributed by atoms with van der Waals surface area (Å²) in [5.74, 6) is 4.18. The maximum absolute atomic E-state index is 14.5. The van der Waals surface area contributed by atoms with Gasteiger partial charge in [0.2, 0.25) is 0 Å². The van der Waals surface area contributed by atoms with Crippen molar-refractivity contribution in [3.05, 3.63) is 75.5 Å². The second-order valence-corrected chi connectivity index (χ2v) is 7.54. The highest BCUT2D eigenvalue weighted by molar-refractivity contribution is 7.78. The molecule has 2 aromatic carbocycles. The van der Waals surface area contributed by atoms with Crippen molar-refractivity contribution in [1.82, 2.24) is 0 Å². The van der Waals surface area contributed by atoms with Crippen molar-refractivity contribution in [2.75, 3.05) is 0 Å². The molecular weight excluding hydrogens is 392 g/mol. The van der Waals surface area contributed by atoms with Crippen LogP contribution in [0, 0.1) is 23.5 Å². The van der Waals surface area contributed by atoms with Gasteiger partial charge in [-0.05, 0) is 72.6 Å². The summed E-state index contributed by atoms with van der Waals surface area (Å²) >= 11 is 6.13. The maximum atomic E-state index is 14.5. The Balaban J connectivity index is 1.84. The summed E-state index contributed by atoms with van der Waals surface area (Å²) in [5, 5.41) is 2.28. The van der Waals surface area contributed by atoms with Crippen LogP contribution in [0.15, 0.2) is 53.5 Å². The van der Waals surface area contributed by atoms with E-state index in [2.05, 4.69) is 41.1 Å². The molecule has 1 nitrogen and oxygen atoms in total. The van der Waals surface area contributed by atoms with E-state index >= 15 is 0 Å². The fraction of sp³-hybridized carbons (Fsp3) is 0.174. The predicted octanol–water partition coefficient (Wildman–Crippen LogP) is 7.17. The number of aryl methyl sites for hydroxylation is 1. The van der Waals surface area contributed by atoms with Gasteiger partial charge in [0, 0.05) is 4.88 Å². The number of rotatable bonds is 5. The predicted molar refractivity (Wildman–Crippen MR) is 115 cm³/mol. The van der Waals surface area contributed by atoms with Crippen LogP contribution in [0.1, 0.15) is 35.1 Å². The van der Waals surface area contributed by atoms with E-state index < -0.39 is 11.6 Å². The highest BCUT2D eigenvalue weighted by Crippen LogP contribution is 2.26. The van der Waals surface area contributed by atoms with E-state index in [9.17, 15) is 8.78 Å². The topological polar surface area (TPSA) is 12.4 Å². The Kier molecular flexibility index (Phi) is 6.84. The van der Waals surface area contributed by atoms with E-state index in [1.807, 2.05) is 12.1 Å². The molecule has 5 heteroatoms. The van der Waals surface area contributed by atoms with Crippen LogP contribution in [0.3, 0.4) is 0 Å². The molecule has 0 saturated carbocycles. The number of aliphatic imine (C=N–C) groups is 1. The van der Waals surface area contributed by atoms with E-state index in [1.54, 1.807) is 35.6 Å². The van der Waals surface area contributed by atoms with Crippen molar-refractivity contribution in [2.24, 2.45) is 4.99 Å². The molecule has 0 aliphatic rings. The van der Waals surface area contributed by atoms with Gasteiger partial charge in [-0.15, -0.1) is 11.3 Å². The summed E-state index contributed by atoms with van der Waals surface area (Å²) in [6.07, 6.45) is 3.26. The lowest BCUT2D eigenvalue weighted by Crippen LogP contribution is -1.92. The molecule has 0 N–H and O–H groups in total. The summed E-state index contributed by atoms with van der Waals surface area (Å²) in [4.78, 5) is 5.91. The zero-order valence-corrected chi connectivity index (χ0v) is 16.9. The molecule has 0 unspecified atom stereocenters. The van der Waals surface area contributed by atoms with E-state index in [0.29, 0.717) is 16.8 Å². The molecule has 0 atom stereocenters. The van der Waals surface area contributed by atoms with E-state index in [0.717, 1.165) is 24.1 Å². The molecule has 1 heterocycles. The van der Waals surface area contributed by atoms with Gasteiger partial charge in [0.1, 0.15) is 11.6 Å². The lowest BCUT2D eigenvalue weighted by Gasteiger charge is -2.05. The Morgan fingerprint density at radius 2 is 1.68 bits per heavy atom. The van der Waals surface area contributed by atoms with Gasteiger partial charge in [0.05, 0.1) is 21.3 Å². The average molecular weight is 410 g/mol. The molecule has 1 aromatic heterocycles. The molecule has 3 aromatic rings. The zero-order chi connectivity index (χ0) is 19.9. The highest BCUT2D eigenvalue weighted by Gasteiger charge is 2.11. The molecule has 140 valence electrons. The molecule has 0 fully saturated rings. The molecular formula is C23H17F2NS2. The summed E-state index contributed by atoms with van der Waals surface area (Å²) in [7, 11) is 0.